The maximum absolute atomic E-state index is 6.85. The molecule has 9 aromatic carbocycles. The first-order valence-corrected chi connectivity index (χ1v) is 17.7. The average Bonchev–Trinajstić information content (AvgIpc) is 3.81. The highest BCUT2D eigenvalue weighted by Gasteiger charge is 2.20. The second kappa shape index (κ2) is 11.3. The maximum atomic E-state index is 6.85. The molecule has 0 bridgehead atoms. The molecule has 11 rings (SSSR count). The van der Waals surface area contributed by atoms with Crippen molar-refractivity contribution in [2.45, 2.75) is 0 Å². The predicted molar refractivity (Wildman–Crippen MR) is 218 cm³/mol. The van der Waals surface area contributed by atoms with E-state index in [1.807, 2.05) is 6.26 Å². The van der Waals surface area contributed by atoms with E-state index in [0.29, 0.717) is 0 Å². The summed E-state index contributed by atoms with van der Waals surface area (Å²) in [6.45, 7) is 0. The van der Waals surface area contributed by atoms with Gasteiger partial charge in [0.25, 0.3) is 0 Å². The Morgan fingerprint density at radius 2 is 0.923 bits per heavy atom. The Hall–Kier alpha value is -6.90. The molecule has 0 aliphatic rings. The third-order valence-corrected chi connectivity index (χ3v) is 10.7. The molecule has 0 aliphatic carbocycles. The molecule has 0 N–H and O–H groups in total. The summed E-state index contributed by atoms with van der Waals surface area (Å²) in [5.74, 6) is 0. The van der Waals surface area contributed by atoms with E-state index in [4.69, 9.17) is 8.83 Å². The molecule has 2 heteroatoms. The predicted octanol–water partition coefficient (Wildman–Crippen LogP) is 14.5. The highest BCUT2D eigenvalue weighted by atomic mass is 16.3. The van der Waals surface area contributed by atoms with E-state index < -0.39 is 0 Å². The van der Waals surface area contributed by atoms with E-state index in [1.165, 1.54) is 60.1 Å². The fraction of sp³-hybridized carbons (Fsp3) is 0. The molecule has 2 heterocycles. The van der Waals surface area contributed by atoms with Crippen molar-refractivity contribution in [3.8, 4) is 44.5 Å². The first-order chi connectivity index (χ1) is 25.8. The largest absolute Gasteiger partial charge is 0.464 e. The number of benzene rings is 9. The van der Waals surface area contributed by atoms with Crippen LogP contribution in [0.4, 0.5) is 0 Å². The van der Waals surface area contributed by atoms with Gasteiger partial charge in [-0.15, -0.1) is 0 Å². The third-order valence-electron chi connectivity index (χ3n) is 10.7. The van der Waals surface area contributed by atoms with Crippen LogP contribution in [0.25, 0.3) is 110 Å². The molecule has 11 aromatic rings. The summed E-state index contributed by atoms with van der Waals surface area (Å²) in [4.78, 5) is 0. The SMILES string of the molecule is c1ccc(-c2cccc(-c3c4ccccc4c(-c4ccc5c(c4)oc4c5ccc5occ(-c6ccc7ccccc7c6)c54)c4ccccc34)c2)cc1. The molecule has 2 nitrogen and oxygen atoms in total. The van der Waals surface area contributed by atoms with Crippen molar-refractivity contribution < 1.29 is 8.83 Å². The van der Waals surface area contributed by atoms with Gasteiger partial charge in [-0.25, -0.2) is 0 Å². The lowest BCUT2D eigenvalue weighted by Crippen LogP contribution is -1.91. The van der Waals surface area contributed by atoms with Crippen molar-refractivity contribution in [3.63, 3.8) is 0 Å². The van der Waals surface area contributed by atoms with Crippen LogP contribution >= 0.6 is 0 Å². The number of hydrogen-bond acceptors (Lipinski definition) is 2. The van der Waals surface area contributed by atoms with Crippen LogP contribution in [0.15, 0.2) is 191 Å². The van der Waals surface area contributed by atoms with Gasteiger partial charge in [0.1, 0.15) is 16.7 Å². The van der Waals surface area contributed by atoms with Crippen LogP contribution in [0.2, 0.25) is 0 Å². The van der Waals surface area contributed by atoms with Crippen LogP contribution < -0.4 is 0 Å². The Morgan fingerprint density at radius 3 is 1.67 bits per heavy atom. The van der Waals surface area contributed by atoms with Crippen molar-refractivity contribution in [1.82, 2.24) is 0 Å². The Balaban J connectivity index is 1.12. The van der Waals surface area contributed by atoms with Crippen LogP contribution in [0.1, 0.15) is 0 Å². The van der Waals surface area contributed by atoms with Crippen molar-refractivity contribution >= 4 is 65.2 Å². The normalized spacial score (nSPS) is 11.8. The second-order valence-corrected chi connectivity index (χ2v) is 13.6. The van der Waals surface area contributed by atoms with Gasteiger partial charge < -0.3 is 8.83 Å². The summed E-state index contributed by atoms with van der Waals surface area (Å²) >= 11 is 0. The van der Waals surface area contributed by atoms with Gasteiger partial charge in [0, 0.05) is 16.3 Å². The maximum Gasteiger partial charge on any atom is 0.147 e. The van der Waals surface area contributed by atoms with E-state index >= 15 is 0 Å². The molecule has 0 atom stereocenters. The minimum atomic E-state index is 0.818. The first-order valence-electron chi connectivity index (χ1n) is 17.7. The van der Waals surface area contributed by atoms with Crippen molar-refractivity contribution in [2.75, 3.05) is 0 Å². The van der Waals surface area contributed by atoms with Crippen LogP contribution in [0, 0.1) is 0 Å². The van der Waals surface area contributed by atoms with Gasteiger partial charge in [0.2, 0.25) is 0 Å². The van der Waals surface area contributed by atoms with Crippen molar-refractivity contribution in [3.05, 3.63) is 182 Å². The molecule has 0 radical (unpaired) electrons. The number of hydrogen-bond donors (Lipinski definition) is 0. The van der Waals surface area contributed by atoms with Gasteiger partial charge in [-0.05, 0) is 108 Å². The highest BCUT2D eigenvalue weighted by molar-refractivity contribution is 6.23. The number of furan rings is 2. The monoisotopic (exact) mass is 662 g/mol. The van der Waals surface area contributed by atoms with E-state index in [1.54, 1.807) is 0 Å². The van der Waals surface area contributed by atoms with E-state index in [2.05, 4.69) is 176 Å². The lowest BCUT2D eigenvalue weighted by atomic mass is 9.85. The molecular formula is C50H30O2. The molecule has 0 aliphatic heterocycles. The topological polar surface area (TPSA) is 26.3 Å². The lowest BCUT2D eigenvalue weighted by Gasteiger charge is -2.18. The fourth-order valence-electron chi connectivity index (χ4n) is 8.32. The Morgan fingerprint density at radius 1 is 0.327 bits per heavy atom. The zero-order valence-electron chi connectivity index (χ0n) is 28.1. The standard InChI is InChI=1S/C50H30O2/c1-2-11-31(12-3-1)34-15-10-16-36(28-34)47-39-17-6-8-19-41(39)48(42-20-9-7-18-40(42)47)37-23-24-38-43-25-26-45-49(50(43)52-46(38)29-37)44(30-51-45)35-22-21-32-13-4-5-14-33(32)27-35/h1-30H. The minimum absolute atomic E-state index is 0.818. The molecule has 0 fully saturated rings. The summed E-state index contributed by atoms with van der Waals surface area (Å²) in [5.41, 5.74) is 11.9. The highest BCUT2D eigenvalue weighted by Crippen LogP contribution is 2.46. The van der Waals surface area contributed by atoms with Crippen LogP contribution in [0.5, 0.6) is 0 Å². The van der Waals surface area contributed by atoms with E-state index in [9.17, 15) is 0 Å². The zero-order valence-corrected chi connectivity index (χ0v) is 28.1. The summed E-state index contributed by atoms with van der Waals surface area (Å²) in [7, 11) is 0. The smallest absolute Gasteiger partial charge is 0.147 e. The van der Waals surface area contributed by atoms with Crippen LogP contribution in [-0.2, 0) is 0 Å². The van der Waals surface area contributed by atoms with Gasteiger partial charge >= 0.3 is 0 Å². The summed E-state index contributed by atoms with van der Waals surface area (Å²) in [6, 6.07) is 63.1. The zero-order chi connectivity index (χ0) is 34.2. The molecular weight excluding hydrogens is 633 g/mol. The Labute approximate surface area is 299 Å². The van der Waals surface area contributed by atoms with Crippen LogP contribution in [-0.4, -0.2) is 0 Å². The molecule has 0 unspecified atom stereocenters. The average molecular weight is 663 g/mol. The van der Waals surface area contributed by atoms with Crippen LogP contribution in [0.3, 0.4) is 0 Å². The number of rotatable bonds is 4. The summed E-state index contributed by atoms with van der Waals surface area (Å²) in [5, 5.41) is 10.5. The first kappa shape index (κ1) is 28.9. The summed E-state index contributed by atoms with van der Waals surface area (Å²) < 4.78 is 13.0. The summed E-state index contributed by atoms with van der Waals surface area (Å²) in [6.07, 6.45) is 1.86. The van der Waals surface area contributed by atoms with Gasteiger partial charge in [-0.3, -0.25) is 0 Å². The number of fused-ring (bicyclic) bond motifs is 8. The molecule has 242 valence electrons. The van der Waals surface area contributed by atoms with Crippen molar-refractivity contribution in [2.24, 2.45) is 0 Å². The lowest BCUT2D eigenvalue weighted by molar-refractivity contribution is 0.616. The fourth-order valence-corrected chi connectivity index (χ4v) is 8.32. The third kappa shape index (κ3) is 4.38. The molecule has 0 spiro atoms. The Bertz CT molecular complexity index is 3120. The Kier molecular flexibility index (Phi) is 6.28. The van der Waals surface area contributed by atoms with Gasteiger partial charge in [-0.2, -0.15) is 0 Å². The van der Waals surface area contributed by atoms with E-state index in [0.717, 1.165) is 49.6 Å². The van der Waals surface area contributed by atoms with Gasteiger partial charge in [0.15, 0.2) is 0 Å². The van der Waals surface area contributed by atoms with Gasteiger partial charge in [0.05, 0.1) is 11.6 Å². The quantitative estimate of drug-likeness (QED) is 0.175. The molecule has 2 aromatic heterocycles. The molecule has 0 saturated heterocycles. The van der Waals surface area contributed by atoms with Gasteiger partial charge in [-0.1, -0.05) is 140 Å². The second-order valence-electron chi connectivity index (χ2n) is 13.6. The minimum Gasteiger partial charge on any atom is -0.464 e. The molecule has 0 saturated carbocycles. The molecule has 52 heavy (non-hydrogen) atoms. The molecule has 0 amide bonds. The van der Waals surface area contributed by atoms with Crippen molar-refractivity contribution in [1.29, 1.82) is 0 Å². The van der Waals surface area contributed by atoms with E-state index in [-0.39, 0.29) is 0 Å².